The molecule has 1 N–H and O–H groups in total. The fraction of sp³-hybridized carbons (Fsp3) is 0.0909. The molecule has 2 rings (SSSR count). The quantitative estimate of drug-likeness (QED) is 0.622. The van der Waals surface area contributed by atoms with E-state index < -0.39 is 4.92 Å². The number of fused-ring (bicyclic) bond motifs is 1. The molecule has 0 heterocycles. The van der Waals surface area contributed by atoms with E-state index >= 15 is 0 Å². The molecule has 0 aliphatic heterocycles. The molecule has 0 saturated heterocycles. The van der Waals surface area contributed by atoms with Crippen LogP contribution in [0.25, 0.3) is 10.8 Å². The molecule has 0 amide bonds. The average Bonchev–Trinajstić information content (AvgIpc) is 2.28. The SMILES string of the molecule is COc1cccc2c(O)c([N+](=O)[O-])ccc12. The van der Waals surface area contributed by atoms with Gasteiger partial charge in [-0.25, -0.2) is 0 Å². The number of nitrogens with zero attached hydrogens (tertiary/aromatic N) is 1. The molecule has 0 fully saturated rings. The van der Waals surface area contributed by atoms with E-state index in [4.69, 9.17) is 4.74 Å². The minimum atomic E-state index is -0.617. The van der Waals surface area contributed by atoms with E-state index in [1.807, 2.05) is 0 Å². The van der Waals surface area contributed by atoms with Crippen LogP contribution in [0, 0.1) is 10.1 Å². The molecule has 0 aliphatic rings. The normalized spacial score (nSPS) is 10.3. The van der Waals surface area contributed by atoms with E-state index in [1.54, 1.807) is 24.3 Å². The van der Waals surface area contributed by atoms with Crippen LogP contribution in [0.4, 0.5) is 5.69 Å². The summed E-state index contributed by atoms with van der Waals surface area (Å²) < 4.78 is 5.10. The summed E-state index contributed by atoms with van der Waals surface area (Å²) in [6.07, 6.45) is 0. The average molecular weight is 219 g/mol. The van der Waals surface area contributed by atoms with E-state index in [9.17, 15) is 15.2 Å². The number of nitro benzene ring substituents is 1. The van der Waals surface area contributed by atoms with Gasteiger partial charge in [-0.2, -0.15) is 0 Å². The Bertz CT molecular complexity index is 565. The maximum atomic E-state index is 10.6. The van der Waals surface area contributed by atoms with Crippen LogP contribution >= 0.6 is 0 Å². The van der Waals surface area contributed by atoms with Crippen molar-refractivity contribution in [1.29, 1.82) is 0 Å². The molecule has 0 aromatic heterocycles. The van der Waals surface area contributed by atoms with Crippen molar-refractivity contribution in [2.45, 2.75) is 0 Å². The molecule has 0 bridgehead atoms. The van der Waals surface area contributed by atoms with Crippen molar-refractivity contribution in [3.63, 3.8) is 0 Å². The topological polar surface area (TPSA) is 72.6 Å². The smallest absolute Gasteiger partial charge is 0.311 e. The van der Waals surface area contributed by atoms with E-state index in [1.165, 1.54) is 13.2 Å². The van der Waals surface area contributed by atoms with Gasteiger partial charge in [0.1, 0.15) is 5.75 Å². The molecule has 0 spiro atoms. The predicted octanol–water partition coefficient (Wildman–Crippen LogP) is 2.46. The molecule has 2 aromatic carbocycles. The van der Waals surface area contributed by atoms with E-state index in [0.717, 1.165) is 0 Å². The number of nitro groups is 1. The minimum absolute atomic E-state index is 0.305. The van der Waals surface area contributed by atoms with Gasteiger partial charge in [0, 0.05) is 16.8 Å². The Kier molecular flexibility index (Phi) is 2.36. The summed E-state index contributed by atoms with van der Waals surface area (Å²) >= 11 is 0. The lowest BCUT2D eigenvalue weighted by Gasteiger charge is -2.06. The lowest BCUT2D eigenvalue weighted by molar-refractivity contribution is -0.385. The van der Waals surface area contributed by atoms with Crippen molar-refractivity contribution in [2.75, 3.05) is 7.11 Å². The Balaban J connectivity index is 2.81. The molecule has 2 aromatic rings. The van der Waals surface area contributed by atoms with Crippen LogP contribution in [0.1, 0.15) is 0 Å². The molecule has 5 heteroatoms. The first-order chi connectivity index (χ1) is 7.65. The first kappa shape index (κ1) is 10.2. The number of benzene rings is 2. The van der Waals surface area contributed by atoms with Crippen molar-refractivity contribution in [3.05, 3.63) is 40.4 Å². The highest BCUT2D eigenvalue weighted by Gasteiger charge is 2.16. The zero-order valence-electron chi connectivity index (χ0n) is 8.51. The van der Waals surface area contributed by atoms with Crippen LogP contribution < -0.4 is 4.74 Å². The van der Waals surface area contributed by atoms with Gasteiger partial charge in [0.05, 0.1) is 12.0 Å². The Labute approximate surface area is 91.0 Å². The number of hydrogen-bond acceptors (Lipinski definition) is 4. The van der Waals surface area contributed by atoms with Crippen LogP contribution in [0.5, 0.6) is 11.5 Å². The third-order valence-electron chi connectivity index (χ3n) is 2.39. The number of ether oxygens (including phenoxy) is 1. The summed E-state index contributed by atoms with van der Waals surface area (Å²) in [7, 11) is 1.51. The first-order valence-electron chi connectivity index (χ1n) is 4.58. The molecular weight excluding hydrogens is 210 g/mol. The lowest BCUT2D eigenvalue weighted by atomic mass is 10.1. The monoisotopic (exact) mass is 219 g/mol. The Morgan fingerprint density at radius 3 is 2.62 bits per heavy atom. The van der Waals surface area contributed by atoms with Crippen LogP contribution in [0.2, 0.25) is 0 Å². The maximum absolute atomic E-state index is 10.6. The first-order valence-corrected chi connectivity index (χ1v) is 4.58. The van der Waals surface area contributed by atoms with E-state index in [0.29, 0.717) is 16.5 Å². The Morgan fingerprint density at radius 2 is 2.00 bits per heavy atom. The predicted molar refractivity (Wildman–Crippen MR) is 58.8 cm³/mol. The highest BCUT2D eigenvalue weighted by Crippen LogP contribution is 2.37. The Morgan fingerprint density at radius 1 is 1.25 bits per heavy atom. The van der Waals surface area contributed by atoms with Gasteiger partial charge in [-0.3, -0.25) is 10.1 Å². The van der Waals surface area contributed by atoms with Crippen LogP contribution in [0.3, 0.4) is 0 Å². The van der Waals surface area contributed by atoms with Gasteiger partial charge in [-0.1, -0.05) is 12.1 Å². The Hall–Kier alpha value is -2.30. The van der Waals surface area contributed by atoms with Gasteiger partial charge in [0.2, 0.25) is 5.75 Å². The van der Waals surface area contributed by atoms with Crippen molar-refractivity contribution in [1.82, 2.24) is 0 Å². The fourth-order valence-electron chi connectivity index (χ4n) is 1.63. The van der Waals surface area contributed by atoms with Crippen LogP contribution in [0.15, 0.2) is 30.3 Å². The number of rotatable bonds is 2. The summed E-state index contributed by atoms with van der Waals surface area (Å²) in [4.78, 5) is 10.0. The number of phenolic OH excluding ortho intramolecular Hbond substituents is 1. The number of phenols is 1. The lowest BCUT2D eigenvalue weighted by Crippen LogP contribution is -1.90. The van der Waals surface area contributed by atoms with Gasteiger partial charge < -0.3 is 9.84 Å². The van der Waals surface area contributed by atoms with Crippen molar-refractivity contribution in [2.24, 2.45) is 0 Å². The van der Waals surface area contributed by atoms with Gasteiger partial charge in [0.25, 0.3) is 0 Å². The van der Waals surface area contributed by atoms with Gasteiger partial charge in [0.15, 0.2) is 0 Å². The third-order valence-corrected chi connectivity index (χ3v) is 2.39. The molecule has 0 saturated carbocycles. The van der Waals surface area contributed by atoms with Crippen molar-refractivity contribution >= 4 is 16.5 Å². The highest BCUT2D eigenvalue weighted by molar-refractivity contribution is 5.95. The van der Waals surface area contributed by atoms with Crippen LogP contribution in [-0.4, -0.2) is 17.1 Å². The second-order valence-electron chi connectivity index (χ2n) is 3.25. The van der Waals surface area contributed by atoms with E-state index in [2.05, 4.69) is 0 Å². The summed E-state index contributed by atoms with van der Waals surface area (Å²) in [6, 6.07) is 7.84. The highest BCUT2D eigenvalue weighted by atomic mass is 16.6. The number of hydrogen-bond donors (Lipinski definition) is 1. The summed E-state index contributed by atoms with van der Waals surface area (Å²) in [5.74, 6) is 0.240. The molecule has 5 nitrogen and oxygen atoms in total. The minimum Gasteiger partial charge on any atom is -0.502 e. The number of aromatic hydroxyl groups is 1. The van der Waals surface area contributed by atoms with Crippen molar-refractivity contribution in [3.8, 4) is 11.5 Å². The van der Waals surface area contributed by atoms with Gasteiger partial charge in [-0.05, 0) is 12.1 Å². The largest absolute Gasteiger partial charge is 0.502 e. The van der Waals surface area contributed by atoms with Gasteiger partial charge >= 0.3 is 5.69 Å². The maximum Gasteiger partial charge on any atom is 0.311 e. The molecule has 0 aliphatic carbocycles. The van der Waals surface area contributed by atoms with E-state index in [-0.39, 0.29) is 11.4 Å². The molecule has 0 radical (unpaired) electrons. The summed E-state index contributed by atoms with van der Waals surface area (Å²) in [5.41, 5.74) is -0.305. The second-order valence-corrected chi connectivity index (χ2v) is 3.25. The standard InChI is InChI=1S/C11H9NO4/c1-16-10-4-2-3-8-7(10)5-6-9(11(8)13)12(14)15/h2-6,13H,1H3. The molecule has 82 valence electrons. The zero-order chi connectivity index (χ0) is 11.7. The van der Waals surface area contributed by atoms with Crippen LogP contribution in [-0.2, 0) is 0 Å². The van der Waals surface area contributed by atoms with Crippen molar-refractivity contribution < 1.29 is 14.8 Å². The zero-order valence-corrected chi connectivity index (χ0v) is 8.51. The molecule has 16 heavy (non-hydrogen) atoms. The van der Waals surface area contributed by atoms with Gasteiger partial charge in [-0.15, -0.1) is 0 Å². The fourth-order valence-corrected chi connectivity index (χ4v) is 1.63. The summed E-state index contributed by atoms with van der Waals surface area (Å²) in [5, 5.41) is 21.4. The third kappa shape index (κ3) is 1.42. The number of methoxy groups -OCH3 is 1. The summed E-state index contributed by atoms with van der Waals surface area (Å²) in [6.45, 7) is 0. The second kappa shape index (κ2) is 3.69. The molecule has 0 atom stereocenters. The molecule has 0 unspecified atom stereocenters. The molecular formula is C11H9NO4.